The molecule has 0 bridgehead atoms. The first kappa shape index (κ1) is 24.9. The molecule has 4 aromatic rings. The zero-order valence-corrected chi connectivity index (χ0v) is 21.6. The van der Waals surface area contributed by atoms with Gasteiger partial charge < -0.3 is 5.43 Å². The Balaban J connectivity index is 1.53. The SMILES string of the molecule is CC/C(=C(/c1ccc(/C=C/C(=O)Nc2nccs2)cc1)c1ccc2c(c1)CNN2)c1ccc(F)cc1Cl. The zero-order valence-electron chi connectivity index (χ0n) is 20.0. The smallest absolute Gasteiger partial charge is 0.250 e. The molecule has 1 aliphatic rings. The molecule has 1 amide bonds. The molecule has 3 aromatic carbocycles. The molecule has 5 nitrogen and oxygen atoms in total. The van der Waals surface area contributed by atoms with Gasteiger partial charge >= 0.3 is 0 Å². The molecule has 0 unspecified atom stereocenters. The monoisotopic (exact) mass is 530 g/mol. The lowest BCUT2D eigenvalue weighted by atomic mass is 9.87. The van der Waals surface area contributed by atoms with Gasteiger partial charge in [-0.2, -0.15) is 0 Å². The van der Waals surface area contributed by atoms with Crippen molar-refractivity contribution in [3.05, 3.63) is 117 Å². The maximum absolute atomic E-state index is 13.8. The molecule has 0 saturated carbocycles. The standard InChI is InChI=1S/C29H24ClFN4OS/c1-2-23(24-10-9-22(31)16-25(24)30)28(20-8-11-26-21(15-20)17-33-35-26)19-6-3-18(4-7-19)5-12-27(36)34-29-32-13-14-37-29/h3-16,33,35H,2,17H2,1H3,(H,32,34,36)/b12-5+,28-23+. The van der Waals surface area contributed by atoms with E-state index in [0.717, 1.165) is 45.6 Å². The highest BCUT2D eigenvalue weighted by atomic mass is 35.5. The number of allylic oxidation sites excluding steroid dienone is 1. The van der Waals surface area contributed by atoms with Crippen LogP contribution in [0.3, 0.4) is 0 Å². The number of anilines is 2. The van der Waals surface area contributed by atoms with Gasteiger partial charge in [0.1, 0.15) is 5.82 Å². The van der Waals surface area contributed by atoms with Gasteiger partial charge in [-0.25, -0.2) is 14.8 Å². The van der Waals surface area contributed by atoms with Crippen molar-refractivity contribution in [3.63, 3.8) is 0 Å². The first-order valence-electron chi connectivity index (χ1n) is 11.8. The van der Waals surface area contributed by atoms with E-state index < -0.39 is 0 Å². The molecular weight excluding hydrogens is 507 g/mol. The van der Waals surface area contributed by atoms with E-state index >= 15 is 0 Å². The van der Waals surface area contributed by atoms with E-state index in [0.29, 0.717) is 16.6 Å². The molecule has 5 rings (SSSR count). The van der Waals surface area contributed by atoms with Gasteiger partial charge in [-0.05, 0) is 75.7 Å². The van der Waals surface area contributed by atoms with Gasteiger partial charge in [0.2, 0.25) is 5.91 Å². The van der Waals surface area contributed by atoms with Crippen LogP contribution >= 0.6 is 22.9 Å². The van der Waals surface area contributed by atoms with Crippen LogP contribution in [-0.2, 0) is 11.3 Å². The molecule has 0 aliphatic carbocycles. The third-order valence-corrected chi connectivity index (χ3v) is 7.10. The number of thiazole rings is 1. The predicted molar refractivity (Wildman–Crippen MR) is 151 cm³/mol. The van der Waals surface area contributed by atoms with Crippen LogP contribution in [0.2, 0.25) is 5.02 Å². The first-order valence-corrected chi connectivity index (χ1v) is 13.1. The normalized spacial score (nSPS) is 13.3. The van der Waals surface area contributed by atoms with Gasteiger partial charge in [-0.15, -0.1) is 11.3 Å². The third-order valence-electron chi connectivity index (χ3n) is 6.10. The van der Waals surface area contributed by atoms with E-state index in [4.69, 9.17) is 11.6 Å². The fraction of sp³-hybridized carbons (Fsp3) is 0.103. The minimum Gasteiger partial charge on any atom is -0.321 e. The summed E-state index contributed by atoms with van der Waals surface area (Å²) in [6.07, 6.45) is 5.60. The summed E-state index contributed by atoms with van der Waals surface area (Å²) in [6.45, 7) is 2.80. The summed E-state index contributed by atoms with van der Waals surface area (Å²) in [5.41, 5.74) is 14.3. The molecule has 0 saturated heterocycles. The Bertz CT molecular complexity index is 1500. The molecule has 0 spiro atoms. The Morgan fingerprint density at radius 2 is 1.95 bits per heavy atom. The van der Waals surface area contributed by atoms with Crippen LogP contribution in [0.4, 0.5) is 15.2 Å². The number of hydrogen-bond donors (Lipinski definition) is 3. The molecule has 186 valence electrons. The first-order chi connectivity index (χ1) is 18.0. The molecule has 2 heterocycles. The van der Waals surface area contributed by atoms with Crippen LogP contribution in [0.15, 0.2) is 78.3 Å². The number of hydrogen-bond acceptors (Lipinski definition) is 5. The Kier molecular flexibility index (Phi) is 7.46. The fourth-order valence-electron chi connectivity index (χ4n) is 4.37. The molecule has 1 aliphatic heterocycles. The topological polar surface area (TPSA) is 66.0 Å². The van der Waals surface area contributed by atoms with Gasteiger partial charge in [0.05, 0.1) is 10.7 Å². The molecule has 0 fully saturated rings. The number of amides is 1. The zero-order chi connectivity index (χ0) is 25.8. The largest absolute Gasteiger partial charge is 0.321 e. The molecule has 0 atom stereocenters. The van der Waals surface area contributed by atoms with Crippen molar-refractivity contribution >= 4 is 56.9 Å². The minimum absolute atomic E-state index is 0.237. The van der Waals surface area contributed by atoms with Gasteiger partial charge in [-0.3, -0.25) is 10.1 Å². The molecule has 3 N–H and O–H groups in total. The molecule has 1 aromatic heterocycles. The van der Waals surface area contributed by atoms with E-state index in [1.807, 2.05) is 24.3 Å². The van der Waals surface area contributed by atoms with Crippen molar-refractivity contribution in [1.29, 1.82) is 0 Å². The molecule has 37 heavy (non-hydrogen) atoms. The summed E-state index contributed by atoms with van der Waals surface area (Å²) in [5, 5.41) is 5.49. The number of nitrogens with one attached hydrogen (secondary N) is 3. The average Bonchev–Trinajstić information content (AvgIpc) is 3.59. The van der Waals surface area contributed by atoms with Crippen molar-refractivity contribution in [1.82, 2.24) is 10.4 Å². The van der Waals surface area contributed by atoms with E-state index in [2.05, 4.69) is 46.3 Å². The lowest BCUT2D eigenvalue weighted by Crippen LogP contribution is -2.10. The second kappa shape index (κ2) is 11.1. The van der Waals surface area contributed by atoms with Crippen LogP contribution in [0.5, 0.6) is 0 Å². The summed E-state index contributed by atoms with van der Waals surface area (Å²) in [5.74, 6) is -0.602. The number of carbonyl (C=O) groups is 1. The van der Waals surface area contributed by atoms with Crippen molar-refractivity contribution in [2.75, 3.05) is 10.7 Å². The van der Waals surface area contributed by atoms with Crippen LogP contribution in [0, 0.1) is 5.82 Å². The Hall–Kier alpha value is -3.78. The lowest BCUT2D eigenvalue weighted by molar-refractivity contribution is -0.111. The van der Waals surface area contributed by atoms with E-state index in [1.165, 1.54) is 35.1 Å². The number of hydrazine groups is 1. The van der Waals surface area contributed by atoms with Gasteiger partial charge in [0.15, 0.2) is 5.13 Å². The van der Waals surface area contributed by atoms with Gasteiger partial charge in [0.25, 0.3) is 0 Å². The van der Waals surface area contributed by atoms with Crippen LogP contribution in [0.1, 0.15) is 41.2 Å². The van der Waals surface area contributed by atoms with Gasteiger partial charge in [-0.1, -0.05) is 54.9 Å². The lowest BCUT2D eigenvalue weighted by Gasteiger charge is -2.18. The predicted octanol–water partition coefficient (Wildman–Crippen LogP) is 7.39. The number of rotatable bonds is 7. The van der Waals surface area contributed by atoms with Crippen molar-refractivity contribution < 1.29 is 9.18 Å². The summed E-state index contributed by atoms with van der Waals surface area (Å²) < 4.78 is 13.8. The van der Waals surface area contributed by atoms with E-state index in [-0.39, 0.29) is 11.7 Å². The van der Waals surface area contributed by atoms with Crippen LogP contribution in [0.25, 0.3) is 17.2 Å². The maximum Gasteiger partial charge on any atom is 0.250 e. The Labute approximate surface area is 223 Å². The maximum atomic E-state index is 13.8. The third kappa shape index (κ3) is 5.64. The number of fused-ring (bicyclic) bond motifs is 1. The second-order valence-electron chi connectivity index (χ2n) is 8.46. The van der Waals surface area contributed by atoms with E-state index in [9.17, 15) is 9.18 Å². The van der Waals surface area contributed by atoms with Crippen molar-refractivity contribution in [3.8, 4) is 0 Å². The van der Waals surface area contributed by atoms with Gasteiger partial charge in [0, 0.05) is 24.2 Å². The Morgan fingerprint density at radius 3 is 2.68 bits per heavy atom. The number of aromatic nitrogens is 1. The molecular formula is C29H24ClFN4OS. The van der Waals surface area contributed by atoms with E-state index in [1.54, 1.807) is 23.7 Å². The Morgan fingerprint density at radius 1 is 1.14 bits per heavy atom. The molecule has 0 radical (unpaired) electrons. The number of halogens is 2. The summed E-state index contributed by atoms with van der Waals surface area (Å²) in [7, 11) is 0. The highest BCUT2D eigenvalue weighted by molar-refractivity contribution is 7.13. The summed E-state index contributed by atoms with van der Waals surface area (Å²) in [4.78, 5) is 16.3. The molecule has 8 heteroatoms. The quantitative estimate of drug-likeness (QED) is 0.172. The van der Waals surface area contributed by atoms with Crippen molar-refractivity contribution in [2.45, 2.75) is 19.9 Å². The number of carbonyl (C=O) groups excluding carboxylic acids is 1. The van der Waals surface area contributed by atoms with Crippen LogP contribution in [-0.4, -0.2) is 10.9 Å². The summed E-state index contributed by atoms with van der Waals surface area (Å²) >= 11 is 7.89. The summed E-state index contributed by atoms with van der Waals surface area (Å²) in [6, 6.07) is 18.8. The number of benzene rings is 3. The van der Waals surface area contributed by atoms with Crippen LogP contribution < -0.4 is 16.2 Å². The fourth-order valence-corrected chi connectivity index (χ4v) is 5.18. The minimum atomic E-state index is -0.365. The second-order valence-corrected chi connectivity index (χ2v) is 9.77. The average molecular weight is 531 g/mol. The highest BCUT2D eigenvalue weighted by Gasteiger charge is 2.18. The van der Waals surface area contributed by atoms with Crippen molar-refractivity contribution in [2.24, 2.45) is 0 Å². The highest BCUT2D eigenvalue weighted by Crippen LogP contribution is 2.38. The number of nitrogens with zero attached hydrogens (tertiary/aromatic N) is 1.